The van der Waals surface area contributed by atoms with Gasteiger partial charge in [-0.15, -0.1) is 0 Å². The van der Waals surface area contributed by atoms with Crippen LogP contribution in [0.15, 0.2) is 18.2 Å². The predicted molar refractivity (Wildman–Crippen MR) is 67.1 cm³/mol. The summed E-state index contributed by atoms with van der Waals surface area (Å²) in [6.07, 6.45) is 3.81. The van der Waals surface area contributed by atoms with Crippen molar-refractivity contribution in [2.45, 2.75) is 39.2 Å². The second-order valence-corrected chi connectivity index (χ2v) is 4.70. The summed E-state index contributed by atoms with van der Waals surface area (Å²) in [5, 5.41) is 3.49. The van der Waals surface area contributed by atoms with Crippen LogP contribution in [0, 0.1) is 13.8 Å². The molecule has 0 amide bonds. The summed E-state index contributed by atoms with van der Waals surface area (Å²) >= 11 is 0. The van der Waals surface area contributed by atoms with Gasteiger partial charge in [-0.25, -0.2) is 0 Å². The molecule has 0 aliphatic heterocycles. The molecule has 0 saturated heterocycles. The van der Waals surface area contributed by atoms with Gasteiger partial charge in [-0.1, -0.05) is 17.7 Å². The molecule has 0 radical (unpaired) electrons. The molecule has 0 spiro atoms. The number of aryl methyl sites for hydroxylation is 2. The Morgan fingerprint density at radius 3 is 2.81 bits per heavy atom. The van der Waals surface area contributed by atoms with Crippen LogP contribution in [0.5, 0.6) is 5.75 Å². The van der Waals surface area contributed by atoms with Crippen LogP contribution in [0.25, 0.3) is 0 Å². The average molecular weight is 219 g/mol. The molecule has 2 heteroatoms. The molecule has 0 bridgehead atoms. The van der Waals surface area contributed by atoms with E-state index in [1.54, 1.807) is 0 Å². The maximum atomic E-state index is 5.75. The number of hydrogen-bond acceptors (Lipinski definition) is 2. The first kappa shape index (κ1) is 11.5. The Balaban J connectivity index is 1.67. The van der Waals surface area contributed by atoms with E-state index in [1.807, 2.05) is 0 Å². The van der Waals surface area contributed by atoms with Gasteiger partial charge in [0.05, 0.1) is 6.61 Å². The van der Waals surface area contributed by atoms with Crippen molar-refractivity contribution in [3.8, 4) is 5.75 Å². The summed E-state index contributed by atoms with van der Waals surface area (Å²) in [4.78, 5) is 0. The second kappa shape index (κ2) is 5.35. The van der Waals surface area contributed by atoms with Crippen LogP contribution in [0.1, 0.15) is 30.4 Å². The van der Waals surface area contributed by atoms with Gasteiger partial charge in [0.2, 0.25) is 0 Å². The van der Waals surface area contributed by atoms with Crippen molar-refractivity contribution in [1.82, 2.24) is 5.32 Å². The largest absolute Gasteiger partial charge is 0.493 e. The van der Waals surface area contributed by atoms with Gasteiger partial charge in [-0.05, 0) is 51.3 Å². The zero-order valence-electron chi connectivity index (χ0n) is 10.3. The Kier molecular flexibility index (Phi) is 3.83. The van der Waals surface area contributed by atoms with Crippen molar-refractivity contribution < 1.29 is 4.74 Å². The van der Waals surface area contributed by atoms with Gasteiger partial charge in [0, 0.05) is 6.04 Å². The van der Waals surface area contributed by atoms with E-state index < -0.39 is 0 Å². The summed E-state index contributed by atoms with van der Waals surface area (Å²) in [7, 11) is 0. The van der Waals surface area contributed by atoms with E-state index >= 15 is 0 Å². The molecule has 1 aliphatic rings. The molecular formula is C14H21NO. The van der Waals surface area contributed by atoms with Gasteiger partial charge in [0.1, 0.15) is 5.75 Å². The standard InChI is InChI=1S/C14H21NO/c1-11-4-7-14(12(2)10-11)16-9-3-8-15-13-5-6-13/h4,7,10,13,15H,3,5-6,8-9H2,1-2H3. The van der Waals surface area contributed by atoms with Crippen molar-refractivity contribution >= 4 is 0 Å². The van der Waals surface area contributed by atoms with E-state index in [0.717, 1.165) is 31.4 Å². The van der Waals surface area contributed by atoms with Crippen molar-refractivity contribution in [2.75, 3.05) is 13.2 Å². The molecule has 0 heterocycles. The molecule has 1 aliphatic carbocycles. The molecule has 2 rings (SSSR count). The van der Waals surface area contributed by atoms with E-state index in [9.17, 15) is 0 Å². The molecule has 1 fully saturated rings. The van der Waals surface area contributed by atoms with E-state index in [4.69, 9.17) is 4.74 Å². The first-order chi connectivity index (χ1) is 7.75. The van der Waals surface area contributed by atoms with Gasteiger partial charge >= 0.3 is 0 Å². The smallest absolute Gasteiger partial charge is 0.122 e. The van der Waals surface area contributed by atoms with Crippen molar-refractivity contribution in [2.24, 2.45) is 0 Å². The summed E-state index contributed by atoms with van der Waals surface area (Å²) in [6.45, 7) is 6.10. The highest BCUT2D eigenvalue weighted by molar-refractivity contribution is 5.35. The summed E-state index contributed by atoms with van der Waals surface area (Å²) < 4.78 is 5.75. The van der Waals surface area contributed by atoms with Gasteiger partial charge in [-0.3, -0.25) is 0 Å². The fourth-order valence-electron chi connectivity index (χ4n) is 1.81. The van der Waals surface area contributed by atoms with E-state index in [1.165, 1.54) is 24.0 Å². The summed E-state index contributed by atoms with van der Waals surface area (Å²) in [5.74, 6) is 1.03. The first-order valence-corrected chi connectivity index (χ1v) is 6.19. The average Bonchev–Trinajstić information content (AvgIpc) is 3.04. The number of hydrogen-bond donors (Lipinski definition) is 1. The Morgan fingerprint density at radius 2 is 2.12 bits per heavy atom. The van der Waals surface area contributed by atoms with Gasteiger partial charge in [0.15, 0.2) is 0 Å². The van der Waals surface area contributed by atoms with E-state index in [2.05, 4.69) is 37.4 Å². The quantitative estimate of drug-likeness (QED) is 0.743. The van der Waals surface area contributed by atoms with Crippen LogP contribution in [0.3, 0.4) is 0 Å². The zero-order valence-corrected chi connectivity index (χ0v) is 10.3. The Bertz CT molecular complexity index is 345. The van der Waals surface area contributed by atoms with Crippen LogP contribution < -0.4 is 10.1 Å². The molecule has 16 heavy (non-hydrogen) atoms. The minimum Gasteiger partial charge on any atom is -0.493 e. The SMILES string of the molecule is Cc1ccc(OCCCNC2CC2)c(C)c1. The van der Waals surface area contributed by atoms with Crippen molar-refractivity contribution in [1.29, 1.82) is 0 Å². The third-order valence-electron chi connectivity index (χ3n) is 2.92. The van der Waals surface area contributed by atoms with Crippen LogP contribution in [0.4, 0.5) is 0 Å². The monoisotopic (exact) mass is 219 g/mol. The minimum absolute atomic E-state index is 0.807. The lowest BCUT2D eigenvalue weighted by molar-refractivity contribution is 0.306. The maximum Gasteiger partial charge on any atom is 0.122 e. The Morgan fingerprint density at radius 1 is 1.31 bits per heavy atom. The fourth-order valence-corrected chi connectivity index (χ4v) is 1.81. The zero-order chi connectivity index (χ0) is 11.4. The van der Waals surface area contributed by atoms with Crippen LogP contribution >= 0.6 is 0 Å². The normalized spacial score (nSPS) is 15.1. The molecule has 2 nitrogen and oxygen atoms in total. The predicted octanol–water partition coefficient (Wildman–Crippen LogP) is 2.82. The molecule has 88 valence electrons. The molecule has 0 unspecified atom stereocenters. The first-order valence-electron chi connectivity index (χ1n) is 6.19. The lowest BCUT2D eigenvalue weighted by Crippen LogP contribution is -2.19. The molecule has 0 aromatic heterocycles. The van der Waals surface area contributed by atoms with Crippen LogP contribution in [-0.2, 0) is 0 Å². The van der Waals surface area contributed by atoms with Crippen molar-refractivity contribution in [3.05, 3.63) is 29.3 Å². The number of ether oxygens (including phenoxy) is 1. The van der Waals surface area contributed by atoms with Gasteiger partial charge in [-0.2, -0.15) is 0 Å². The molecular weight excluding hydrogens is 198 g/mol. The highest BCUT2D eigenvalue weighted by Gasteiger charge is 2.19. The third-order valence-corrected chi connectivity index (χ3v) is 2.92. The Hall–Kier alpha value is -1.02. The lowest BCUT2D eigenvalue weighted by Gasteiger charge is -2.09. The van der Waals surface area contributed by atoms with E-state index in [-0.39, 0.29) is 0 Å². The highest BCUT2D eigenvalue weighted by atomic mass is 16.5. The number of rotatable bonds is 6. The maximum absolute atomic E-state index is 5.75. The topological polar surface area (TPSA) is 21.3 Å². The number of nitrogens with one attached hydrogen (secondary N) is 1. The molecule has 1 aromatic carbocycles. The molecule has 0 atom stereocenters. The van der Waals surface area contributed by atoms with Crippen LogP contribution in [-0.4, -0.2) is 19.2 Å². The summed E-state index contributed by atoms with van der Waals surface area (Å²) in [6, 6.07) is 7.14. The highest BCUT2D eigenvalue weighted by Crippen LogP contribution is 2.19. The molecule has 1 N–H and O–H groups in total. The van der Waals surface area contributed by atoms with Gasteiger partial charge < -0.3 is 10.1 Å². The van der Waals surface area contributed by atoms with Crippen molar-refractivity contribution in [3.63, 3.8) is 0 Å². The minimum atomic E-state index is 0.807. The molecule has 1 aromatic rings. The summed E-state index contributed by atoms with van der Waals surface area (Å²) in [5.41, 5.74) is 2.52. The lowest BCUT2D eigenvalue weighted by atomic mass is 10.1. The Labute approximate surface area is 98.0 Å². The van der Waals surface area contributed by atoms with Crippen LogP contribution in [0.2, 0.25) is 0 Å². The molecule has 1 saturated carbocycles. The fraction of sp³-hybridized carbons (Fsp3) is 0.571. The second-order valence-electron chi connectivity index (χ2n) is 4.70. The van der Waals surface area contributed by atoms with E-state index in [0.29, 0.717) is 0 Å². The third kappa shape index (κ3) is 3.53. The number of benzene rings is 1. The van der Waals surface area contributed by atoms with Gasteiger partial charge in [0.25, 0.3) is 0 Å².